The van der Waals surface area contributed by atoms with E-state index in [9.17, 15) is 18.8 Å². The summed E-state index contributed by atoms with van der Waals surface area (Å²) in [6.45, 7) is 2.16. The summed E-state index contributed by atoms with van der Waals surface area (Å²) in [5.74, 6) is -0.423. The highest BCUT2D eigenvalue weighted by molar-refractivity contribution is 6.23. The standard InChI is InChI=1S/C28H23FN4O4/c1-28-24-21(22-15-20(37-2)11-12-23(22)31-24)13-14-32(28)27(36)33(26(28)35)19-9-3-16(4-10-19)25(34)30-18-7-5-17(29)6-8-18/h3-12,15,31H,13-14H2,1-2H3,(H,30,34). The van der Waals surface area contributed by atoms with Gasteiger partial charge in [-0.05, 0) is 85.6 Å². The molecular formula is C28H23FN4O4. The van der Waals surface area contributed by atoms with Crippen molar-refractivity contribution in [2.75, 3.05) is 23.9 Å². The molecule has 1 aromatic heterocycles. The van der Waals surface area contributed by atoms with E-state index in [1.165, 1.54) is 29.2 Å². The molecule has 0 saturated carbocycles. The van der Waals surface area contributed by atoms with Gasteiger partial charge in [0.05, 0.1) is 18.5 Å². The molecule has 9 heteroatoms. The van der Waals surface area contributed by atoms with Gasteiger partial charge in [0.25, 0.3) is 11.8 Å². The minimum absolute atomic E-state index is 0.336. The SMILES string of the molecule is COc1ccc2[nH]c3c(c2c1)CCN1C(=O)N(c2ccc(C(=O)Nc4ccc(F)cc4)cc2)C(=O)C31C. The van der Waals surface area contributed by atoms with Crippen LogP contribution in [0.4, 0.5) is 20.6 Å². The Morgan fingerprint density at radius 1 is 1.05 bits per heavy atom. The number of urea groups is 1. The number of methoxy groups -OCH3 is 1. The largest absolute Gasteiger partial charge is 0.497 e. The van der Waals surface area contributed by atoms with Crippen molar-refractivity contribution in [3.05, 3.63) is 89.4 Å². The van der Waals surface area contributed by atoms with Gasteiger partial charge in [-0.25, -0.2) is 14.1 Å². The van der Waals surface area contributed by atoms with Gasteiger partial charge in [0.1, 0.15) is 11.6 Å². The lowest BCUT2D eigenvalue weighted by molar-refractivity contribution is -0.125. The van der Waals surface area contributed by atoms with E-state index in [4.69, 9.17) is 4.74 Å². The number of carbonyl (C=O) groups is 3. The van der Waals surface area contributed by atoms with E-state index in [-0.39, 0.29) is 11.8 Å². The Kier molecular flexibility index (Phi) is 5.04. The number of carbonyl (C=O) groups excluding carboxylic acids is 3. The first-order chi connectivity index (χ1) is 17.8. The van der Waals surface area contributed by atoms with E-state index < -0.39 is 17.4 Å². The van der Waals surface area contributed by atoms with Gasteiger partial charge in [-0.3, -0.25) is 9.59 Å². The summed E-state index contributed by atoms with van der Waals surface area (Å²) in [4.78, 5) is 46.0. The van der Waals surface area contributed by atoms with Crippen LogP contribution in [0, 0.1) is 5.82 Å². The number of amides is 4. The number of nitrogens with one attached hydrogen (secondary N) is 2. The van der Waals surface area contributed by atoms with Crippen LogP contribution in [0.1, 0.15) is 28.5 Å². The first-order valence-corrected chi connectivity index (χ1v) is 11.8. The Hall–Kier alpha value is -4.66. The number of rotatable bonds is 4. The highest BCUT2D eigenvalue weighted by Gasteiger charge is 2.59. The summed E-state index contributed by atoms with van der Waals surface area (Å²) in [5, 5.41) is 3.67. The lowest BCUT2D eigenvalue weighted by atomic mass is 9.87. The number of hydrogen-bond acceptors (Lipinski definition) is 4. The molecule has 0 aliphatic carbocycles. The van der Waals surface area contributed by atoms with Crippen molar-refractivity contribution < 1.29 is 23.5 Å². The van der Waals surface area contributed by atoms with Crippen LogP contribution in [0.2, 0.25) is 0 Å². The van der Waals surface area contributed by atoms with Crippen molar-refractivity contribution in [2.24, 2.45) is 0 Å². The van der Waals surface area contributed by atoms with Crippen LogP contribution in [-0.2, 0) is 16.8 Å². The Morgan fingerprint density at radius 3 is 2.49 bits per heavy atom. The molecule has 3 aromatic carbocycles. The maximum absolute atomic E-state index is 13.8. The first kappa shape index (κ1) is 22.8. The molecule has 2 aliphatic rings. The van der Waals surface area contributed by atoms with Crippen LogP contribution in [0.5, 0.6) is 5.75 Å². The monoisotopic (exact) mass is 498 g/mol. The molecule has 4 aromatic rings. The van der Waals surface area contributed by atoms with Gasteiger partial charge >= 0.3 is 6.03 Å². The topological polar surface area (TPSA) is 94.7 Å². The van der Waals surface area contributed by atoms with Crippen molar-refractivity contribution >= 4 is 40.1 Å². The number of ether oxygens (including phenoxy) is 1. The second kappa shape index (κ2) is 8.19. The maximum atomic E-state index is 13.8. The van der Waals surface area contributed by atoms with Crippen LogP contribution in [0.15, 0.2) is 66.7 Å². The molecule has 1 saturated heterocycles. The molecular weight excluding hydrogens is 475 g/mol. The quantitative estimate of drug-likeness (QED) is 0.395. The number of nitrogens with zero attached hydrogens (tertiary/aromatic N) is 2. The molecule has 4 amide bonds. The third kappa shape index (κ3) is 3.38. The fraction of sp³-hybridized carbons (Fsp3) is 0.179. The van der Waals surface area contributed by atoms with Gasteiger partial charge in [-0.15, -0.1) is 0 Å². The number of aromatic amines is 1. The summed E-state index contributed by atoms with van der Waals surface area (Å²) < 4.78 is 18.5. The van der Waals surface area contributed by atoms with Gasteiger partial charge in [-0.1, -0.05) is 0 Å². The molecule has 0 radical (unpaired) electrons. The van der Waals surface area contributed by atoms with Crippen LogP contribution in [0.25, 0.3) is 10.9 Å². The predicted molar refractivity (Wildman–Crippen MR) is 136 cm³/mol. The Labute approximate surface area is 211 Å². The summed E-state index contributed by atoms with van der Waals surface area (Å²) >= 11 is 0. The highest BCUT2D eigenvalue weighted by Crippen LogP contribution is 2.45. The molecule has 1 fully saturated rings. The number of aromatic nitrogens is 1. The van der Waals surface area contributed by atoms with Gasteiger partial charge in [-0.2, -0.15) is 0 Å². The van der Waals surface area contributed by atoms with Gasteiger partial charge in [0, 0.05) is 28.7 Å². The Morgan fingerprint density at radius 2 is 1.78 bits per heavy atom. The molecule has 0 spiro atoms. The van der Waals surface area contributed by atoms with E-state index >= 15 is 0 Å². The van der Waals surface area contributed by atoms with Crippen molar-refractivity contribution in [1.82, 2.24) is 9.88 Å². The summed E-state index contributed by atoms with van der Waals surface area (Å²) in [5.41, 5.74) is 2.57. The number of fused-ring (bicyclic) bond motifs is 5. The number of benzene rings is 3. The molecule has 2 aliphatic heterocycles. The molecule has 1 unspecified atom stereocenters. The van der Waals surface area contributed by atoms with Crippen molar-refractivity contribution in [3.8, 4) is 5.75 Å². The molecule has 186 valence electrons. The average molecular weight is 499 g/mol. The molecule has 37 heavy (non-hydrogen) atoms. The molecule has 3 heterocycles. The normalized spacial score (nSPS) is 18.7. The minimum atomic E-state index is -1.18. The van der Waals surface area contributed by atoms with Crippen molar-refractivity contribution in [2.45, 2.75) is 18.9 Å². The fourth-order valence-electron chi connectivity index (χ4n) is 5.27. The van der Waals surface area contributed by atoms with Crippen LogP contribution in [0.3, 0.4) is 0 Å². The summed E-state index contributed by atoms with van der Waals surface area (Å²) in [6, 6.07) is 17.0. The third-order valence-electron chi connectivity index (χ3n) is 7.26. The second-order valence-electron chi connectivity index (χ2n) is 9.29. The molecule has 6 rings (SSSR count). The van der Waals surface area contributed by atoms with E-state index in [1.807, 2.05) is 18.2 Å². The van der Waals surface area contributed by atoms with Crippen LogP contribution >= 0.6 is 0 Å². The van der Waals surface area contributed by atoms with Gasteiger partial charge in [0.2, 0.25) is 0 Å². The first-order valence-electron chi connectivity index (χ1n) is 11.8. The molecule has 2 N–H and O–H groups in total. The van der Waals surface area contributed by atoms with Crippen molar-refractivity contribution in [1.29, 1.82) is 0 Å². The second-order valence-corrected chi connectivity index (χ2v) is 9.29. The smallest absolute Gasteiger partial charge is 0.332 e. The van der Waals surface area contributed by atoms with E-state index in [2.05, 4.69) is 10.3 Å². The zero-order valence-electron chi connectivity index (χ0n) is 20.2. The Bertz CT molecular complexity index is 1580. The zero-order chi connectivity index (χ0) is 25.9. The molecule has 8 nitrogen and oxygen atoms in total. The third-order valence-corrected chi connectivity index (χ3v) is 7.26. The van der Waals surface area contributed by atoms with Gasteiger partial charge in [0.15, 0.2) is 5.54 Å². The van der Waals surface area contributed by atoms with E-state index in [0.717, 1.165) is 22.2 Å². The molecule has 1 atom stereocenters. The Balaban J connectivity index is 1.30. The van der Waals surface area contributed by atoms with E-state index in [0.29, 0.717) is 35.6 Å². The number of hydrogen-bond donors (Lipinski definition) is 2. The highest BCUT2D eigenvalue weighted by atomic mass is 19.1. The average Bonchev–Trinajstić information content (AvgIpc) is 3.38. The maximum Gasteiger partial charge on any atom is 0.332 e. The number of anilines is 2. The van der Waals surface area contributed by atoms with Crippen molar-refractivity contribution in [3.63, 3.8) is 0 Å². The van der Waals surface area contributed by atoms with Crippen LogP contribution < -0.4 is 15.0 Å². The lowest BCUT2D eigenvalue weighted by Gasteiger charge is -2.35. The number of imide groups is 1. The van der Waals surface area contributed by atoms with Crippen LogP contribution in [-0.4, -0.2) is 41.4 Å². The fourth-order valence-corrected chi connectivity index (χ4v) is 5.27. The molecule has 0 bridgehead atoms. The number of halogens is 1. The predicted octanol–water partition coefficient (Wildman–Crippen LogP) is 4.81. The summed E-state index contributed by atoms with van der Waals surface area (Å²) in [6.07, 6.45) is 0.605. The summed E-state index contributed by atoms with van der Waals surface area (Å²) in [7, 11) is 1.61. The zero-order valence-corrected chi connectivity index (χ0v) is 20.2. The van der Waals surface area contributed by atoms with Gasteiger partial charge < -0.3 is 19.9 Å². The minimum Gasteiger partial charge on any atom is -0.497 e. The lowest BCUT2D eigenvalue weighted by Crippen LogP contribution is -2.49. The number of H-pyrrole nitrogens is 1. The van der Waals surface area contributed by atoms with E-state index in [1.54, 1.807) is 43.2 Å².